The van der Waals surface area contributed by atoms with Gasteiger partial charge in [0.2, 0.25) is 11.7 Å². The first kappa shape index (κ1) is 13.5. The molecule has 0 amide bonds. The van der Waals surface area contributed by atoms with Gasteiger partial charge >= 0.3 is 0 Å². The van der Waals surface area contributed by atoms with Crippen LogP contribution >= 0.6 is 0 Å². The summed E-state index contributed by atoms with van der Waals surface area (Å²) in [6.07, 6.45) is 0. The van der Waals surface area contributed by atoms with Gasteiger partial charge in [0.15, 0.2) is 0 Å². The van der Waals surface area contributed by atoms with Gasteiger partial charge in [-0.2, -0.15) is 4.98 Å². The summed E-state index contributed by atoms with van der Waals surface area (Å²) in [7, 11) is 1.65. The van der Waals surface area contributed by atoms with Crippen molar-refractivity contribution in [1.29, 1.82) is 0 Å². The summed E-state index contributed by atoms with van der Waals surface area (Å²) in [5, 5.41) is 7.35. The van der Waals surface area contributed by atoms with E-state index in [1.165, 1.54) is 0 Å². The van der Waals surface area contributed by atoms with Crippen LogP contribution in [-0.2, 0) is 10.3 Å². The molecule has 1 aliphatic heterocycles. The summed E-state index contributed by atoms with van der Waals surface area (Å²) in [5.41, 5.74) is -0.509. The van der Waals surface area contributed by atoms with Gasteiger partial charge in [-0.15, -0.1) is 0 Å². The molecule has 2 heterocycles. The number of aromatic nitrogens is 2. The van der Waals surface area contributed by atoms with Crippen LogP contribution in [0.4, 0.5) is 0 Å². The number of piperazine rings is 1. The number of methoxy groups -OCH3 is 1. The van der Waals surface area contributed by atoms with Gasteiger partial charge in [-0.25, -0.2) is 0 Å². The Morgan fingerprint density at radius 2 is 2.06 bits per heavy atom. The van der Waals surface area contributed by atoms with Gasteiger partial charge in [0, 0.05) is 33.3 Å². The van der Waals surface area contributed by atoms with Crippen LogP contribution in [0.1, 0.15) is 38.5 Å². The second-order valence-electron chi connectivity index (χ2n) is 5.13. The van der Waals surface area contributed by atoms with Gasteiger partial charge in [-0.1, -0.05) is 5.16 Å². The summed E-state index contributed by atoms with van der Waals surface area (Å²) < 4.78 is 10.7. The maximum Gasteiger partial charge on any atom is 0.243 e. The maximum absolute atomic E-state index is 5.36. The summed E-state index contributed by atoms with van der Waals surface area (Å²) in [6.45, 7) is 9.99. The smallest absolute Gasteiger partial charge is 0.243 e. The minimum Gasteiger partial charge on any atom is -0.371 e. The van der Waals surface area contributed by atoms with Gasteiger partial charge in [-0.3, -0.25) is 4.90 Å². The maximum atomic E-state index is 5.36. The third-order valence-corrected chi connectivity index (χ3v) is 3.55. The highest BCUT2D eigenvalue weighted by molar-refractivity contribution is 5.00. The molecule has 0 bridgehead atoms. The molecular weight excluding hydrogens is 232 g/mol. The van der Waals surface area contributed by atoms with E-state index in [2.05, 4.69) is 27.3 Å². The molecule has 1 atom stereocenters. The summed E-state index contributed by atoms with van der Waals surface area (Å²) in [6, 6.07) is 0.154. The molecule has 0 aliphatic carbocycles. The first-order chi connectivity index (χ1) is 8.54. The Hall–Kier alpha value is -0.980. The zero-order chi connectivity index (χ0) is 13.2. The van der Waals surface area contributed by atoms with Gasteiger partial charge in [0.05, 0.1) is 6.04 Å². The SMILES string of the molecule is COC(C)(C)c1noc(C(C)N2CCNCC2)n1. The minimum absolute atomic E-state index is 0.154. The molecule has 6 heteroatoms. The molecular formula is C12H22N4O2. The minimum atomic E-state index is -0.509. The standard InChI is InChI=1S/C12H22N4O2/c1-9(16-7-5-13-6-8-16)10-14-11(15-18-10)12(2,3)17-4/h9,13H,5-8H2,1-4H3. The molecule has 1 aromatic heterocycles. The molecule has 2 rings (SSSR count). The molecule has 1 unspecified atom stereocenters. The molecule has 0 radical (unpaired) electrons. The second-order valence-corrected chi connectivity index (χ2v) is 5.13. The van der Waals surface area contributed by atoms with E-state index in [-0.39, 0.29) is 6.04 Å². The van der Waals surface area contributed by atoms with E-state index < -0.39 is 5.60 Å². The molecule has 6 nitrogen and oxygen atoms in total. The fourth-order valence-electron chi connectivity index (χ4n) is 1.97. The van der Waals surface area contributed by atoms with Crippen molar-refractivity contribution in [2.24, 2.45) is 0 Å². The van der Waals surface area contributed by atoms with Gasteiger partial charge in [0.25, 0.3) is 0 Å². The Kier molecular flexibility index (Phi) is 3.99. The van der Waals surface area contributed by atoms with Crippen LogP contribution in [0.15, 0.2) is 4.52 Å². The van der Waals surface area contributed by atoms with E-state index in [0.29, 0.717) is 11.7 Å². The van der Waals surface area contributed by atoms with E-state index in [1.807, 2.05) is 13.8 Å². The zero-order valence-electron chi connectivity index (χ0n) is 11.6. The predicted octanol–water partition coefficient (Wildman–Crippen LogP) is 0.917. The van der Waals surface area contributed by atoms with E-state index in [9.17, 15) is 0 Å². The Bertz CT molecular complexity index is 385. The highest BCUT2D eigenvalue weighted by atomic mass is 16.5. The quantitative estimate of drug-likeness (QED) is 0.862. The fourth-order valence-corrected chi connectivity index (χ4v) is 1.97. The molecule has 0 aromatic carbocycles. The van der Waals surface area contributed by atoms with Crippen molar-refractivity contribution in [3.63, 3.8) is 0 Å². The number of hydrogen-bond donors (Lipinski definition) is 1. The van der Waals surface area contributed by atoms with E-state index >= 15 is 0 Å². The van der Waals surface area contributed by atoms with Crippen LogP contribution in [0.25, 0.3) is 0 Å². The Morgan fingerprint density at radius 3 is 2.67 bits per heavy atom. The molecule has 0 saturated carbocycles. The van der Waals surface area contributed by atoms with Crippen LogP contribution in [0.3, 0.4) is 0 Å². The number of ether oxygens (including phenoxy) is 1. The van der Waals surface area contributed by atoms with E-state index in [0.717, 1.165) is 26.2 Å². The average Bonchev–Trinajstić information content (AvgIpc) is 2.89. The highest BCUT2D eigenvalue weighted by Gasteiger charge is 2.29. The third kappa shape index (κ3) is 2.71. The van der Waals surface area contributed by atoms with Gasteiger partial charge < -0.3 is 14.6 Å². The molecule has 1 saturated heterocycles. The first-order valence-electron chi connectivity index (χ1n) is 6.38. The van der Waals surface area contributed by atoms with Gasteiger partial charge in [-0.05, 0) is 20.8 Å². The monoisotopic (exact) mass is 254 g/mol. The first-order valence-corrected chi connectivity index (χ1v) is 6.38. The molecule has 1 aromatic rings. The van der Waals surface area contributed by atoms with Crippen LogP contribution in [0, 0.1) is 0 Å². The van der Waals surface area contributed by atoms with E-state index in [1.54, 1.807) is 7.11 Å². The van der Waals surface area contributed by atoms with E-state index in [4.69, 9.17) is 9.26 Å². The van der Waals surface area contributed by atoms with Crippen molar-refractivity contribution in [1.82, 2.24) is 20.4 Å². The molecule has 1 aliphatic rings. The van der Waals surface area contributed by atoms with Crippen LogP contribution < -0.4 is 5.32 Å². The lowest BCUT2D eigenvalue weighted by atomic mass is 10.1. The molecule has 1 fully saturated rings. The molecule has 0 spiro atoms. The molecule has 1 N–H and O–H groups in total. The van der Waals surface area contributed by atoms with Crippen molar-refractivity contribution in [3.8, 4) is 0 Å². The largest absolute Gasteiger partial charge is 0.371 e. The lowest BCUT2D eigenvalue weighted by Gasteiger charge is -2.30. The van der Waals surface area contributed by atoms with Crippen molar-refractivity contribution in [3.05, 3.63) is 11.7 Å². The normalized spacial score (nSPS) is 20.0. The molecule has 18 heavy (non-hydrogen) atoms. The number of nitrogens with one attached hydrogen (secondary N) is 1. The van der Waals surface area contributed by atoms with Crippen molar-refractivity contribution in [2.75, 3.05) is 33.3 Å². The average molecular weight is 254 g/mol. The van der Waals surface area contributed by atoms with Crippen molar-refractivity contribution < 1.29 is 9.26 Å². The number of hydrogen-bond acceptors (Lipinski definition) is 6. The second kappa shape index (κ2) is 5.34. The Morgan fingerprint density at radius 1 is 1.39 bits per heavy atom. The summed E-state index contributed by atoms with van der Waals surface area (Å²) in [5.74, 6) is 1.26. The van der Waals surface area contributed by atoms with Crippen LogP contribution in [0.2, 0.25) is 0 Å². The number of rotatable bonds is 4. The third-order valence-electron chi connectivity index (χ3n) is 3.55. The summed E-state index contributed by atoms with van der Waals surface area (Å²) in [4.78, 5) is 6.80. The Labute approximate surface area is 108 Å². The Balaban J connectivity index is 2.09. The van der Waals surface area contributed by atoms with Crippen molar-refractivity contribution >= 4 is 0 Å². The predicted molar refractivity (Wildman–Crippen MR) is 67.2 cm³/mol. The topological polar surface area (TPSA) is 63.4 Å². The van der Waals surface area contributed by atoms with Gasteiger partial charge in [0.1, 0.15) is 5.60 Å². The van der Waals surface area contributed by atoms with Crippen LogP contribution in [-0.4, -0.2) is 48.3 Å². The number of nitrogens with zero attached hydrogens (tertiary/aromatic N) is 3. The molecule has 102 valence electrons. The summed E-state index contributed by atoms with van der Waals surface area (Å²) >= 11 is 0. The zero-order valence-corrected chi connectivity index (χ0v) is 11.6. The van der Waals surface area contributed by atoms with Crippen LogP contribution in [0.5, 0.6) is 0 Å². The van der Waals surface area contributed by atoms with Crippen molar-refractivity contribution in [2.45, 2.75) is 32.4 Å². The lowest BCUT2D eigenvalue weighted by Crippen LogP contribution is -2.44. The fraction of sp³-hybridized carbons (Fsp3) is 0.833. The highest BCUT2D eigenvalue weighted by Crippen LogP contribution is 2.24. The lowest BCUT2D eigenvalue weighted by molar-refractivity contribution is 0.00973.